The highest BCUT2D eigenvalue weighted by Crippen LogP contribution is 2.28. The van der Waals surface area contributed by atoms with Crippen molar-refractivity contribution in [3.05, 3.63) is 24.3 Å². The van der Waals surface area contributed by atoms with Crippen LogP contribution in [-0.4, -0.2) is 113 Å². The molecule has 366 valence electrons. The number of nitrogens with one attached hydrogen (secondary N) is 7. The lowest BCUT2D eigenvalue weighted by Crippen LogP contribution is -2.60. The minimum atomic E-state index is -4.67. The van der Waals surface area contributed by atoms with Crippen LogP contribution in [0.2, 0.25) is 0 Å². The van der Waals surface area contributed by atoms with E-state index in [0.29, 0.717) is 37.0 Å². The molecule has 3 rings (SSSR count). The number of unbranched alkanes of at least 4 members (excludes halogenated alkanes) is 2. The molecule has 5 atom stereocenters. The Kier molecular flexibility index (Phi) is 22.5. The van der Waals surface area contributed by atoms with Gasteiger partial charge in [0, 0.05) is 25.2 Å². The van der Waals surface area contributed by atoms with E-state index in [-0.39, 0.29) is 41.9 Å². The monoisotopic (exact) mass is 969 g/mol. The third kappa shape index (κ3) is 18.4. The van der Waals surface area contributed by atoms with Crippen molar-refractivity contribution in [2.45, 2.75) is 153 Å². The number of sulfonamides is 1. The number of hydrogen-bond donors (Lipinski definition) is 7. The summed E-state index contributed by atoms with van der Waals surface area (Å²) in [6, 6.07) is -5.92. The van der Waals surface area contributed by atoms with Gasteiger partial charge in [-0.3, -0.25) is 43.3 Å². The summed E-state index contributed by atoms with van der Waals surface area (Å²) in [4.78, 5) is 113. The maximum atomic E-state index is 14.1. The number of carbonyl (C=O) groups is 8. The molecular weight excluding hydrogens is 909 g/mol. The van der Waals surface area contributed by atoms with E-state index in [4.69, 9.17) is 0 Å². The van der Waals surface area contributed by atoms with Crippen LogP contribution in [0, 0.1) is 17.8 Å². The molecule has 7 amide bonds. The van der Waals surface area contributed by atoms with E-state index >= 15 is 0 Å². The molecule has 1 saturated carbocycles. The molecule has 66 heavy (non-hydrogen) atoms. The van der Waals surface area contributed by atoms with E-state index in [0.717, 1.165) is 32.1 Å². The fraction of sp³-hybridized carbons (Fsp3) is 0.659. The van der Waals surface area contributed by atoms with Crippen LogP contribution in [0.3, 0.4) is 0 Å². The molecule has 2 heterocycles. The van der Waals surface area contributed by atoms with Crippen LogP contribution in [0.4, 0.5) is 13.9 Å². The zero-order valence-corrected chi connectivity index (χ0v) is 39.3. The van der Waals surface area contributed by atoms with Gasteiger partial charge < -0.3 is 31.9 Å². The van der Waals surface area contributed by atoms with Crippen LogP contribution >= 0.6 is 11.3 Å². The quantitative estimate of drug-likeness (QED) is 0.0384. The van der Waals surface area contributed by atoms with Gasteiger partial charge in [0.05, 0.1) is 12.7 Å². The Bertz CT molecular complexity index is 2090. The number of amides is 7. The van der Waals surface area contributed by atoms with E-state index in [9.17, 15) is 55.6 Å². The minimum absolute atomic E-state index is 0.0285. The summed E-state index contributed by atoms with van der Waals surface area (Å²) >= 11 is 0.449. The molecule has 0 spiro atoms. The molecule has 1 aliphatic carbocycles. The van der Waals surface area contributed by atoms with Crippen LogP contribution in [-0.2, 0) is 43.6 Å². The number of carbonyl (C=O) groups excluding carboxylic acids is 8. The highest BCUT2D eigenvalue weighted by molar-refractivity contribution is 7.92. The van der Waals surface area contributed by atoms with Crippen molar-refractivity contribution in [1.82, 2.24) is 51.5 Å². The third-order valence-electron chi connectivity index (χ3n) is 10.7. The Morgan fingerprint density at radius 3 is 2.11 bits per heavy atom. The Labute approximate surface area is 386 Å². The summed E-state index contributed by atoms with van der Waals surface area (Å²) in [7, 11) is -4.67. The third-order valence-corrected chi connectivity index (χ3v) is 13.2. The second kappa shape index (κ2) is 27.1. The number of anilines is 1. The molecule has 25 heteroatoms. The van der Waals surface area contributed by atoms with Crippen LogP contribution < -0.4 is 36.6 Å². The summed E-state index contributed by atoms with van der Waals surface area (Å²) in [5.74, 6) is -8.89. The molecule has 0 radical (unpaired) electrons. The molecule has 1 aliphatic rings. The first kappa shape index (κ1) is 54.7. The highest BCUT2D eigenvalue weighted by atomic mass is 32.2. The van der Waals surface area contributed by atoms with Gasteiger partial charge in [0.25, 0.3) is 32.1 Å². The smallest absolute Gasteiger partial charge is 0.293 e. The predicted molar refractivity (Wildman–Crippen MR) is 236 cm³/mol. The molecule has 7 N–H and O–H groups in total. The summed E-state index contributed by atoms with van der Waals surface area (Å²) in [6.45, 7) is 7.96. The lowest BCUT2D eigenvalue weighted by molar-refractivity contribution is -0.141. The molecule has 0 aromatic carbocycles. The number of nitrogens with zero attached hydrogens (tertiary/aromatic N) is 4. The number of hydrogen-bond acceptors (Lipinski definition) is 15. The van der Waals surface area contributed by atoms with Gasteiger partial charge >= 0.3 is 0 Å². The average molecular weight is 970 g/mol. The zero-order valence-electron chi connectivity index (χ0n) is 37.7. The van der Waals surface area contributed by atoms with Gasteiger partial charge in [-0.05, 0) is 37.0 Å². The van der Waals surface area contributed by atoms with E-state index in [2.05, 4.69) is 46.7 Å². The van der Waals surface area contributed by atoms with Crippen molar-refractivity contribution in [2.24, 2.45) is 17.8 Å². The highest BCUT2D eigenvalue weighted by Gasteiger charge is 2.37. The van der Waals surface area contributed by atoms with Crippen molar-refractivity contribution in [1.29, 1.82) is 0 Å². The Morgan fingerprint density at radius 1 is 0.803 bits per heavy atom. The molecule has 2 aromatic heterocycles. The normalized spacial score (nSPS) is 15.3. The van der Waals surface area contributed by atoms with Crippen LogP contribution in [0.1, 0.15) is 129 Å². The first-order chi connectivity index (χ1) is 31.2. The van der Waals surface area contributed by atoms with Gasteiger partial charge in [-0.25, -0.2) is 18.5 Å². The van der Waals surface area contributed by atoms with Crippen molar-refractivity contribution < 1.29 is 55.6 Å². The summed E-state index contributed by atoms with van der Waals surface area (Å²) in [6.07, 6.45) is 6.38. The second-order valence-electron chi connectivity index (χ2n) is 16.6. The molecule has 2 aromatic rings. The first-order valence-electron chi connectivity index (χ1n) is 22.0. The van der Waals surface area contributed by atoms with Gasteiger partial charge in [-0.15, -0.1) is 10.2 Å². The number of halogens is 2. The largest absolute Gasteiger partial charge is 0.344 e. The van der Waals surface area contributed by atoms with E-state index in [1.807, 2.05) is 26.1 Å². The van der Waals surface area contributed by atoms with Gasteiger partial charge in [0.1, 0.15) is 29.9 Å². The van der Waals surface area contributed by atoms with Crippen LogP contribution in [0.15, 0.2) is 22.9 Å². The number of alkyl halides is 2. The molecule has 1 fully saturated rings. The number of rotatable bonds is 27. The van der Waals surface area contributed by atoms with Gasteiger partial charge in [0.2, 0.25) is 41.0 Å². The lowest BCUT2D eigenvalue weighted by Gasteiger charge is -2.31. The first-order valence-corrected chi connectivity index (χ1v) is 24.3. The van der Waals surface area contributed by atoms with Crippen LogP contribution in [0.25, 0.3) is 0 Å². The topological polar surface area (TPSA) is 306 Å². The van der Waals surface area contributed by atoms with Gasteiger partial charge in [-0.1, -0.05) is 97.3 Å². The summed E-state index contributed by atoms with van der Waals surface area (Å²) < 4.78 is 54.2. The Balaban J connectivity index is 1.73. The number of aromatic nitrogens is 4. The molecule has 0 unspecified atom stereocenters. The molecule has 0 saturated heterocycles. The fourth-order valence-corrected chi connectivity index (χ4v) is 8.86. The van der Waals surface area contributed by atoms with E-state index < -0.39 is 111 Å². The fourth-order valence-electron chi connectivity index (χ4n) is 6.96. The SMILES string of the molecule is CCCCCC(=O)Nc1nnc(S(=O)(=O)NC(=O)CNC(=O)C(=O)[C@H](CC(F)F)NC(=O)[C@H](CC2CCCCC2)NC(=O)[C@@H](NC(=O)[C@H](CC(C)C)NC(=O)c2cnccn2)[C@@H](C)CC)s1. The number of Topliss-reactive ketones (excluding diaryl/α,β-unsaturated/α-hetero) is 1. The molecule has 21 nitrogen and oxygen atoms in total. The van der Waals surface area contributed by atoms with Crippen molar-refractivity contribution in [3.63, 3.8) is 0 Å². The zero-order chi connectivity index (χ0) is 49.0. The maximum Gasteiger partial charge on any atom is 0.293 e. The molecule has 0 bridgehead atoms. The van der Waals surface area contributed by atoms with Crippen molar-refractivity contribution >= 4 is 73.6 Å². The molecule has 0 aliphatic heterocycles. The lowest BCUT2D eigenvalue weighted by atomic mass is 9.84. The Morgan fingerprint density at radius 2 is 1.48 bits per heavy atom. The second-order valence-corrected chi connectivity index (χ2v) is 19.4. The van der Waals surface area contributed by atoms with Crippen LogP contribution in [0.5, 0.6) is 0 Å². The Hall–Kier alpha value is -5.59. The van der Waals surface area contributed by atoms with Gasteiger partial charge in [-0.2, -0.15) is 8.42 Å². The summed E-state index contributed by atoms with van der Waals surface area (Å²) in [5.41, 5.74) is -0.0365. The van der Waals surface area contributed by atoms with Gasteiger partial charge in [0.15, 0.2) is 0 Å². The van der Waals surface area contributed by atoms with E-state index in [1.165, 1.54) is 18.6 Å². The summed E-state index contributed by atoms with van der Waals surface area (Å²) in [5, 5.41) is 21.3. The van der Waals surface area contributed by atoms with E-state index in [1.54, 1.807) is 18.6 Å². The minimum Gasteiger partial charge on any atom is -0.344 e. The standard InChI is InChI=1S/C41H61F2N11O10S2/c1-6-8-10-15-31(55)50-40-52-53-41(65-40)66(63,64)54-32(56)22-46-39(62)34(57)26(20-30(42)43)47-35(58)28(19-25-13-11-9-12-14-25)49-38(61)33(24(5)7-2)51-36(59)27(18-23(3)4)48-37(60)29-21-44-16-17-45-29/h16-17,21,23-28,30,33H,6-15,18-20,22H2,1-5H3,(H,46,62)(H,47,58)(H,48,60)(H,49,61)(H,51,59)(H,54,56)(H,50,52,55)/t24-,26-,27-,28-,33-/m0/s1. The van der Waals surface area contributed by atoms with Crippen molar-refractivity contribution in [2.75, 3.05) is 11.9 Å². The average Bonchev–Trinajstić information content (AvgIpc) is 3.75. The van der Waals surface area contributed by atoms with Crippen molar-refractivity contribution in [3.8, 4) is 0 Å². The number of ketones is 1. The molecular formula is C41H61F2N11O10S2. The maximum absolute atomic E-state index is 14.1. The predicted octanol–water partition coefficient (Wildman–Crippen LogP) is 2.31.